The molecule has 0 aliphatic carbocycles. The van der Waals surface area contributed by atoms with Crippen LogP contribution in [0.4, 0.5) is 0 Å². The van der Waals surface area contributed by atoms with Gasteiger partial charge in [-0.2, -0.15) is 0 Å². The van der Waals surface area contributed by atoms with Gasteiger partial charge in [0.25, 0.3) is 5.91 Å². The molecule has 0 aromatic carbocycles. The van der Waals surface area contributed by atoms with Crippen LogP contribution in [-0.4, -0.2) is 62.7 Å². The molecule has 0 radical (unpaired) electrons. The summed E-state index contributed by atoms with van der Waals surface area (Å²) in [5, 5.41) is 21.9. The van der Waals surface area contributed by atoms with Gasteiger partial charge in [-0.05, 0) is 6.92 Å². The minimum absolute atomic E-state index is 0.234. The third-order valence-corrected chi connectivity index (χ3v) is 4.35. The minimum atomic E-state index is -0.756. The Bertz CT molecular complexity index is 712. The average molecular weight is 319 g/mol. The van der Waals surface area contributed by atoms with Crippen LogP contribution in [0.1, 0.15) is 41.7 Å². The third-order valence-electron chi connectivity index (χ3n) is 4.35. The number of ether oxygens (including phenoxy) is 1. The molecule has 3 aliphatic heterocycles. The van der Waals surface area contributed by atoms with Crippen molar-refractivity contribution in [2.45, 2.75) is 43.9 Å². The van der Waals surface area contributed by atoms with Crippen molar-refractivity contribution in [1.82, 2.24) is 14.9 Å². The second-order valence-corrected chi connectivity index (χ2v) is 5.88. The summed E-state index contributed by atoms with van der Waals surface area (Å²) in [6.07, 6.45) is 1.48. The van der Waals surface area contributed by atoms with Crippen molar-refractivity contribution < 1.29 is 19.7 Å². The normalized spacial score (nSPS) is 35.5. The SMILES string of the molecule is CC1N=CC2C(=N1)NC(=O)c1ncn([C@H]3C[C@@H](O)[C@@H](CO)O3)c12. The van der Waals surface area contributed by atoms with Gasteiger partial charge in [-0.15, -0.1) is 0 Å². The van der Waals surface area contributed by atoms with Crippen LogP contribution in [-0.2, 0) is 4.74 Å². The molecule has 9 nitrogen and oxygen atoms in total. The molecule has 0 spiro atoms. The number of nitrogens with zero attached hydrogens (tertiary/aromatic N) is 4. The lowest BCUT2D eigenvalue weighted by Crippen LogP contribution is -2.44. The summed E-state index contributed by atoms with van der Waals surface area (Å²) < 4.78 is 7.41. The van der Waals surface area contributed by atoms with Crippen LogP contribution in [0.5, 0.6) is 0 Å². The lowest BCUT2D eigenvalue weighted by molar-refractivity contribution is -0.0451. The number of fused-ring (bicyclic) bond motifs is 3. The summed E-state index contributed by atoms with van der Waals surface area (Å²) in [6.45, 7) is 1.57. The van der Waals surface area contributed by atoms with Crippen LogP contribution in [0.3, 0.4) is 0 Å². The molecule has 1 amide bonds. The van der Waals surface area contributed by atoms with E-state index in [0.717, 1.165) is 0 Å². The Morgan fingerprint density at radius 1 is 1.52 bits per heavy atom. The van der Waals surface area contributed by atoms with Crippen molar-refractivity contribution in [2.24, 2.45) is 9.98 Å². The van der Waals surface area contributed by atoms with Crippen LogP contribution in [0.25, 0.3) is 0 Å². The zero-order valence-electron chi connectivity index (χ0n) is 12.5. The van der Waals surface area contributed by atoms with Crippen LogP contribution in [0.2, 0.25) is 0 Å². The molecule has 1 aromatic heterocycles. The molecule has 122 valence electrons. The zero-order chi connectivity index (χ0) is 16.1. The summed E-state index contributed by atoms with van der Waals surface area (Å²) in [5.41, 5.74) is 0.958. The molecular formula is C14H17N5O4. The molecule has 4 heterocycles. The van der Waals surface area contributed by atoms with E-state index < -0.39 is 18.4 Å². The highest BCUT2D eigenvalue weighted by atomic mass is 16.5. The van der Waals surface area contributed by atoms with E-state index in [1.807, 2.05) is 6.92 Å². The predicted molar refractivity (Wildman–Crippen MR) is 79.4 cm³/mol. The van der Waals surface area contributed by atoms with E-state index in [0.29, 0.717) is 23.6 Å². The monoisotopic (exact) mass is 319 g/mol. The molecule has 3 aliphatic rings. The highest BCUT2D eigenvalue weighted by molar-refractivity contribution is 6.18. The Hall–Kier alpha value is -2.10. The molecule has 1 aromatic rings. The number of amides is 1. The van der Waals surface area contributed by atoms with Gasteiger partial charge < -0.3 is 24.8 Å². The van der Waals surface area contributed by atoms with Gasteiger partial charge in [-0.3, -0.25) is 9.79 Å². The molecule has 2 unspecified atom stereocenters. The summed E-state index contributed by atoms with van der Waals surface area (Å²) in [5.74, 6) is -0.0622. The largest absolute Gasteiger partial charge is 0.394 e. The number of hydrogen-bond acceptors (Lipinski definition) is 7. The van der Waals surface area contributed by atoms with E-state index in [-0.39, 0.29) is 24.6 Å². The van der Waals surface area contributed by atoms with Crippen molar-refractivity contribution in [3.05, 3.63) is 17.7 Å². The lowest BCUT2D eigenvalue weighted by atomic mass is 9.97. The Balaban J connectivity index is 1.74. The zero-order valence-corrected chi connectivity index (χ0v) is 12.5. The number of carbonyl (C=O) groups is 1. The van der Waals surface area contributed by atoms with Crippen molar-refractivity contribution in [3.63, 3.8) is 0 Å². The number of amidine groups is 1. The van der Waals surface area contributed by atoms with E-state index in [1.54, 1.807) is 10.8 Å². The van der Waals surface area contributed by atoms with E-state index in [4.69, 9.17) is 4.74 Å². The van der Waals surface area contributed by atoms with E-state index in [2.05, 4.69) is 20.3 Å². The van der Waals surface area contributed by atoms with Gasteiger partial charge in [-0.1, -0.05) is 0 Å². The molecule has 1 fully saturated rings. The quantitative estimate of drug-likeness (QED) is 0.657. The minimum Gasteiger partial charge on any atom is -0.394 e. The molecular weight excluding hydrogens is 302 g/mol. The topological polar surface area (TPSA) is 121 Å². The number of aromatic nitrogens is 2. The molecule has 1 saturated heterocycles. The van der Waals surface area contributed by atoms with Crippen molar-refractivity contribution in [1.29, 1.82) is 0 Å². The number of carbonyl (C=O) groups excluding carboxylic acids is 1. The maximum Gasteiger partial charge on any atom is 0.277 e. The molecule has 0 bridgehead atoms. The maximum atomic E-state index is 12.2. The van der Waals surface area contributed by atoms with Crippen LogP contribution >= 0.6 is 0 Å². The number of aliphatic hydroxyl groups is 2. The van der Waals surface area contributed by atoms with Crippen molar-refractivity contribution >= 4 is 18.0 Å². The summed E-state index contributed by atoms with van der Waals surface area (Å²) in [6, 6.07) is 0. The Kier molecular flexibility index (Phi) is 3.29. The van der Waals surface area contributed by atoms with Gasteiger partial charge in [0.05, 0.1) is 30.7 Å². The first-order valence-corrected chi connectivity index (χ1v) is 7.52. The Morgan fingerprint density at radius 3 is 3.09 bits per heavy atom. The smallest absolute Gasteiger partial charge is 0.277 e. The fourth-order valence-corrected chi connectivity index (χ4v) is 3.21. The van der Waals surface area contributed by atoms with Gasteiger partial charge in [0.15, 0.2) is 5.69 Å². The molecule has 9 heteroatoms. The first-order chi connectivity index (χ1) is 11.1. The number of nitrogens with one attached hydrogen (secondary N) is 1. The number of hydrogen-bond donors (Lipinski definition) is 3. The maximum absolute atomic E-state index is 12.2. The highest BCUT2D eigenvalue weighted by Crippen LogP contribution is 2.34. The van der Waals surface area contributed by atoms with Crippen LogP contribution in [0.15, 0.2) is 16.3 Å². The molecule has 0 saturated carbocycles. The number of aliphatic imine (C=N–C) groups is 2. The van der Waals surface area contributed by atoms with Gasteiger partial charge in [0.2, 0.25) is 0 Å². The average Bonchev–Trinajstić information content (AvgIpc) is 3.11. The fraction of sp³-hybridized carbons (Fsp3) is 0.571. The van der Waals surface area contributed by atoms with Gasteiger partial charge >= 0.3 is 0 Å². The van der Waals surface area contributed by atoms with Crippen LogP contribution < -0.4 is 5.32 Å². The van der Waals surface area contributed by atoms with Crippen LogP contribution in [0, 0.1) is 0 Å². The summed E-state index contributed by atoms with van der Waals surface area (Å²) in [4.78, 5) is 25.1. The first kappa shape index (κ1) is 14.5. The Labute approximate surface area is 131 Å². The second kappa shape index (κ2) is 5.22. The van der Waals surface area contributed by atoms with E-state index >= 15 is 0 Å². The first-order valence-electron chi connectivity index (χ1n) is 7.52. The number of imidazole rings is 1. The molecule has 4 rings (SSSR count). The number of aliphatic hydroxyl groups excluding tert-OH is 2. The molecule has 3 N–H and O–H groups in total. The van der Waals surface area contributed by atoms with Crippen molar-refractivity contribution in [3.8, 4) is 0 Å². The standard InChI is InChI=1S/C14H17N5O4/c1-6-15-3-7-12-11(14(22)18-13(7)17-6)16-5-19(12)10-2-8(21)9(4-20)23-10/h3,5-10,20-21H,2,4H2,1H3,(H,17,18,22)/t6?,7?,8-,9-,10-/m1/s1. The van der Waals surface area contributed by atoms with Gasteiger partial charge in [0.1, 0.15) is 24.3 Å². The number of rotatable bonds is 2. The molecule has 23 heavy (non-hydrogen) atoms. The fourth-order valence-electron chi connectivity index (χ4n) is 3.21. The third kappa shape index (κ3) is 2.19. The van der Waals surface area contributed by atoms with Gasteiger partial charge in [-0.25, -0.2) is 9.98 Å². The van der Waals surface area contributed by atoms with Gasteiger partial charge in [0, 0.05) is 12.6 Å². The van der Waals surface area contributed by atoms with E-state index in [9.17, 15) is 15.0 Å². The Morgan fingerprint density at radius 2 is 2.35 bits per heavy atom. The predicted octanol–water partition coefficient (Wildman–Crippen LogP) is -0.820. The second-order valence-electron chi connectivity index (χ2n) is 5.88. The highest BCUT2D eigenvalue weighted by Gasteiger charge is 2.41. The summed E-state index contributed by atoms with van der Waals surface area (Å²) in [7, 11) is 0. The van der Waals surface area contributed by atoms with E-state index in [1.165, 1.54) is 6.33 Å². The molecule has 5 atom stereocenters. The lowest BCUT2D eigenvalue weighted by Gasteiger charge is -2.28. The summed E-state index contributed by atoms with van der Waals surface area (Å²) >= 11 is 0. The van der Waals surface area contributed by atoms with Crippen molar-refractivity contribution in [2.75, 3.05) is 6.61 Å².